The first-order chi connectivity index (χ1) is 7.28. The van der Waals surface area contributed by atoms with Crippen LogP contribution in [0.4, 0.5) is 0 Å². The molecule has 1 atom stereocenters. The van der Waals surface area contributed by atoms with Gasteiger partial charge in [0.15, 0.2) is 5.82 Å². The van der Waals surface area contributed by atoms with Gasteiger partial charge in [-0.15, -0.1) is 0 Å². The van der Waals surface area contributed by atoms with E-state index in [9.17, 15) is 0 Å². The molecule has 1 saturated heterocycles. The van der Waals surface area contributed by atoms with E-state index < -0.39 is 0 Å². The summed E-state index contributed by atoms with van der Waals surface area (Å²) in [5.74, 6) is 1.33. The monoisotopic (exact) mass is 212 g/mol. The van der Waals surface area contributed by atoms with Crippen molar-refractivity contribution < 1.29 is 9.26 Å². The Balaban J connectivity index is 1.88. The summed E-state index contributed by atoms with van der Waals surface area (Å²) in [6.45, 7) is 5.49. The van der Waals surface area contributed by atoms with Crippen molar-refractivity contribution in [1.29, 1.82) is 0 Å². The lowest BCUT2D eigenvalue weighted by atomic mass is 10.3. The van der Waals surface area contributed by atoms with E-state index in [1.54, 1.807) is 0 Å². The molecule has 6 nitrogen and oxygen atoms in total. The molecule has 0 bridgehead atoms. The minimum Gasteiger partial charge on any atom is -0.374 e. The second-order valence-corrected chi connectivity index (χ2v) is 3.70. The highest BCUT2D eigenvalue weighted by Gasteiger charge is 2.20. The first kappa shape index (κ1) is 10.5. The van der Waals surface area contributed by atoms with Gasteiger partial charge < -0.3 is 15.0 Å². The van der Waals surface area contributed by atoms with E-state index >= 15 is 0 Å². The third kappa shape index (κ3) is 2.74. The number of rotatable bonds is 3. The van der Waals surface area contributed by atoms with Crippen LogP contribution in [0, 0.1) is 6.92 Å². The molecule has 1 unspecified atom stereocenters. The van der Waals surface area contributed by atoms with E-state index in [2.05, 4.69) is 15.0 Å². The lowest BCUT2D eigenvalue weighted by Gasteiger charge is -2.31. The first-order valence-corrected chi connectivity index (χ1v) is 5.11. The fourth-order valence-corrected chi connectivity index (χ4v) is 1.66. The minimum atomic E-state index is 0.128. The largest absolute Gasteiger partial charge is 0.374 e. The zero-order chi connectivity index (χ0) is 10.7. The van der Waals surface area contributed by atoms with E-state index in [0.29, 0.717) is 24.8 Å². The Morgan fingerprint density at radius 1 is 1.60 bits per heavy atom. The van der Waals surface area contributed by atoms with Gasteiger partial charge in [0, 0.05) is 19.6 Å². The van der Waals surface area contributed by atoms with Crippen LogP contribution in [0.15, 0.2) is 4.52 Å². The third-order valence-electron chi connectivity index (χ3n) is 2.41. The SMILES string of the molecule is Cc1noc(CN2CCOC(CN)C2)n1. The fraction of sp³-hybridized carbons (Fsp3) is 0.778. The van der Waals surface area contributed by atoms with Crippen molar-refractivity contribution in [3.63, 3.8) is 0 Å². The van der Waals surface area contributed by atoms with Gasteiger partial charge >= 0.3 is 0 Å². The van der Waals surface area contributed by atoms with Gasteiger partial charge in [-0.05, 0) is 6.92 Å². The second kappa shape index (κ2) is 4.69. The van der Waals surface area contributed by atoms with Gasteiger partial charge in [-0.3, -0.25) is 4.90 Å². The molecule has 1 aromatic rings. The number of ether oxygens (including phenoxy) is 1. The molecule has 84 valence electrons. The van der Waals surface area contributed by atoms with Crippen LogP contribution in [0.1, 0.15) is 11.7 Å². The van der Waals surface area contributed by atoms with Crippen LogP contribution in [0.5, 0.6) is 0 Å². The van der Waals surface area contributed by atoms with E-state index in [0.717, 1.165) is 19.7 Å². The highest BCUT2D eigenvalue weighted by molar-refractivity contribution is 4.84. The lowest BCUT2D eigenvalue weighted by Crippen LogP contribution is -2.45. The molecule has 6 heteroatoms. The topological polar surface area (TPSA) is 77.4 Å². The summed E-state index contributed by atoms with van der Waals surface area (Å²) in [7, 11) is 0. The normalized spacial score (nSPS) is 23.2. The van der Waals surface area contributed by atoms with Gasteiger partial charge in [0.25, 0.3) is 0 Å². The molecule has 0 aliphatic carbocycles. The standard InChI is InChI=1S/C9H16N4O2/c1-7-11-9(15-12-7)6-13-2-3-14-8(4-10)5-13/h8H,2-6,10H2,1H3. The predicted molar refractivity (Wildman–Crippen MR) is 53.1 cm³/mol. The molecule has 1 fully saturated rings. The number of nitrogens with two attached hydrogens (primary N) is 1. The maximum Gasteiger partial charge on any atom is 0.240 e. The van der Waals surface area contributed by atoms with Crippen LogP contribution in [0.25, 0.3) is 0 Å². The van der Waals surface area contributed by atoms with E-state index in [4.69, 9.17) is 15.0 Å². The van der Waals surface area contributed by atoms with Crippen molar-refractivity contribution in [2.24, 2.45) is 5.73 Å². The van der Waals surface area contributed by atoms with Crippen LogP contribution < -0.4 is 5.73 Å². The molecule has 0 aromatic carbocycles. The molecule has 0 radical (unpaired) electrons. The Morgan fingerprint density at radius 2 is 2.47 bits per heavy atom. The van der Waals surface area contributed by atoms with Crippen LogP contribution in [-0.2, 0) is 11.3 Å². The number of hydrogen-bond acceptors (Lipinski definition) is 6. The molecular formula is C9H16N4O2. The Hall–Kier alpha value is -0.980. The van der Waals surface area contributed by atoms with Crippen LogP contribution in [-0.4, -0.2) is 47.4 Å². The summed E-state index contributed by atoms with van der Waals surface area (Å²) in [5.41, 5.74) is 5.56. The Morgan fingerprint density at radius 3 is 3.13 bits per heavy atom. The van der Waals surface area contributed by atoms with Crippen LogP contribution in [0.2, 0.25) is 0 Å². The molecule has 1 aliphatic rings. The predicted octanol–water partition coefficient (Wildman–Crippen LogP) is -0.462. The van der Waals surface area contributed by atoms with Gasteiger partial charge in [0.2, 0.25) is 5.89 Å². The molecule has 0 spiro atoms. The van der Waals surface area contributed by atoms with Gasteiger partial charge in [0.1, 0.15) is 0 Å². The number of hydrogen-bond donors (Lipinski definition) is 1. The van der Waals surface area contributed by atoms with Crippen molar-refractivity contribution in [2.45, 2.75) is 19.6 Å². The average Bonchev–Trinajstić information content (AvgIpc) is 2.64. The second-order valence-electron chi connectivity index (χ2n) is 3.70. The van der Waals surface area contributed by atoms with Crippen molar-refractivity contribution in [3.8, 4) is 0 Å². The van der Waals surface area contributed by atoms with Gasteiger partial charge in [-0.1, -0.05) is 5.16 Å². The Labute approximate surface area is 88.4 Å². The summed E-state index contributed by atoms with van der Waals surface area (Å²) >= 11 is 0. The van der Waals surface area contributed by atoms with Crippen LogP contribution >= 0.6 is 0 Å². The first-order valence-electron chi connectivity index (χ1n) is 5.11. The lowest BCUT2D eigenvalue weighted by molar-refractivity contribution is -0.0288. The van der Waals surface area contributed by atoms with Crippen molar-refractivity contribution >= 4 is 0 Å². The molecule has 2 heterocycles. The van der Waals surface area contributed by atoms with E-state index in [-0.39, 0.29) is 6.10 Å². The van der Waals surface area contributed by atoms with Crippen LogP contribution in [0.3, 0.4) is 0 Å². The van der Waals surface area contributed by atoms with Crippen molar-refractivity contribution in [1.82, 2.24) is 15.0 Å². The minimum absolute atomic E-state index is 0.128. The maximum atomic E-state index is 5.56. The number of aryl methyl sites for hydroxylation is 1. The zero-order valence-corrected chi connectivity index (χ0v) is 8.85. The Kier molecular flexibility index (Phi) is 3.30. The summed E-state index contributed by atoms with van der Waals surface area (Å²) in [6, 6.07) is 0. The van der Waals surface area contributed by atoms with Crippen molar-refractivity contribution in [3.05, 3.63) is 11.7 Å². The summed E-state index contributed by atoms with van der Waals surface area (Å²) in [6.07, 6.45) is 0.128. The molecule has 15 heavy (non-hydrogen) atoms. The molecule has 1 aromatic heterocycles. The summed E-state index contributed by atoms with van der Waals surface area (Å²) in [4.78, 5) is 6.38. The smallest absolute Gasteiger partial charge is 0.240 e. The zero-order valence-electron chi connectivity index (χ0n) is 8.85. The van der Waals surface area contributed by atoms with Crippen molar-refractivity contribution in [2.75, 3.05) is 26.2 Å². The van der Waals surface area contributed by atoms with Gasteiger partial charge in [-0.25, -0.2) is 0 Å². The molecule has 0 saturated carbocycles. The summed E-state index contributed by atoms with van der Waals surface area (Å²) in [5, 5.41) is 3.75. The Bertz CT molecular complexity index is 315. The number of nitrogens with zero attached hydrogens (tertiary/aromatic N) is 3. The molecular weight excluding hydrogens is 196 g/mol. The number of morpholine rings is 1. The molecule has 2 rings (SSSR count). The fourth-order valence-electron chi connectivity index (χ4n) is 1.66. The third-order valence-corrected chi connectivity index (χ3v) is 2.41. The summed E-state index contributed by atoms with van der Waals surface area (Å²) < 4.78 is 10.5. The highest BCUT2D eigenvalue weighted by Crippen LogP contribution is 2.08. The maximum absolute atomic E-state index is 5.56. The highest BCUT2D eigenvalue weighted by atomic mass is 16.5. The molecule has 0 amide bonds. The number of aromatic nitrogens is 2. The quantitative estimate of drug-likeness (QED) is 0.730. The van der Waals surface area contributed by atoms with E-state index in [1.807, 2.05) is 6.92 Å². The van der Waals surface area contributed by atoms with E-state index in [1.165, 1.54) is 0 Å². The van der Waals surface area contributed by atoms with Gasteiger partial charge in [0.05, 0.1) is 19.3 Å². The van der Waals surface area contributed by atoms with Gasteiger partial charge in [-0.2, -0.15) is 4.98 Å². The molecule has 2 N–H and O–H groups in total. The average molecular weight is 212 g/mol. The molecule has 1 aliphatic heterocycles.